The summed E-state index contributed by atoms with van der Waals surface area (Å²) in [5.74, 6) is -0.938. The van der Waals surface area contributed by atoms with Crippen molar-refractivity contribution in [3.63, 3.8) is 0 Å². The minimum atomic E-state index is -3.07. The van der Waals surface area contributed by atoms with Gasteiger partial charge in [-0.1, -0.05) is 23.2 Å². The average Bonchev–Trinajstić information content (AvgIpc) is 2.85. The minimum absolute atomic E-state index is 0.00859. The number of amides is 1. The summed E-state index contributed by atoms with van der Waals surface area (Å²) in [6, 6.07) is 2.52. The number of ether oxygens (including phenoxy) is 4. The van der Waals surface area contributed by atoms with Crippen LogP contribution in [0.25, 0.3) is 0 Å². The molecule has 154 valence electrons. The van der Waals surface area contributed by atoms with Gasteiger partial charge in [0, 0.05) is 12.4 Å². The Hall–Kier alpha value is -2.36. The third kappa shape index (κ3) is 3.90. The number of benzene rings is 1. The van der Waals surface area contributed by atoms with Gasteiger partial charge in [-0.2, -0.15) is 8.78 Å². The number of anilines is 1. The van der Waals surface area contributed by atoms with Gasteiger partial charge in [0.2, 0.25) is 5.75 Å². The molecule has 0 aliphatic carbocycles. The lowest BCUT2D eigenvalue weighted by atomic mass is 9.88. The van der Waals surface area contributed by atoms with Gasteiger partial charge >= 0.3 is 6.61 Å². The Bertz CT molecular complexity index is 936. The van der Waals surface area contributed by atoms with E-state index < -0.39 is 17.9 Å². The molecule has 4 rings (SSSR count). The topological polar surface area (TPSA) is 78.9 Å². The average molecular weight is 447 g/mol. The van der Waals surface area contributed by atoms with Crippen LogP contribution >= 0.6 is 23.2 Å². The van der Waals surface area contributed by atoms with E-state index in [9.17, 15) is 13.6 Å². The molecule has 2 aliphatic rings. The Labute approximate surface area is 173 Å². The number of rotatable bonds is 4. The van der Waals surface area contributed by atoms with E-state index in [1.165, 1.54) is 24.5 Å². The first-order valence-electron chi connectivity index (χ1n) is 8.44. The van der Waals surface area contributed by atoms with E-state index in [2.05, 4.69) is 15.0 Å². The second kappa shape index (κ2) is 7.81. The van der Waals surface area contributed by atoms with Crippen molar-refractivity contribution in [2.24, 2.45) is 5.41 Å². The maximum atomic E-state index is 12.9. The van der Waals surface area contributed by atoms with Crippen LogP contribution in [0.15, 0.2) is 24.5 Å². The van der Waals surface area contributed by atoms with Crippen molar-refractivity contribution in [1.82, 2.24) is 4.98 Å². The summed E-state index contributed by atoms with van der Waals surface area (Å²) in [5.41, 5.74) is -0.205. The molecule has 0 unspecified atom stereocenters. The third-order valence-corrected chi connectivity index (χ3v) is 5.06. The monoisotopic (exact) mass is 446 g/mol. The van der Waals surface area contributed by atoms with E-state index in [4.69, 9.17) is 37.4 Å². The molecule has 2 aromatic rings. The molecule has 0 radical (unpaired) electrons. The number of hydrogen-bond donors (Lipinski definition) is 1. The molecule has 11 heteroatoms. The fourth-order valence-corrected chi connectivity index (χ4v) is 3.41. The highest BCUT2D eigenvalue weighted by atomic mass is 35.5. The van der Waals surface area contributed by atoms with Crippen molar-refractivity contribution in [1.29, 1.82) is 0 Å². The molecule has 1 amide bonds. The Balaban J connectivity index is 1.69. The largest absolute Gasteiger partial charge is 0.488 e. The number of nitrogens with one attached hydrogen (secondary N) is 1. The summed E-state index contributed by atoms with van der Waals surface area (Å²) in [4.78, 5) is 16.7. The van der Waals surface area contributed by atoms with Crippen LogP contribution in [0.4, 0.5) is 14.5 Å². The first-order valence-corrected chi connectivity index (χ1v) is 9.20. The molecule has 1 N–H and O–H groups in total. The van der Waals surface area contributed by atoms with Crippen molar-refractivity contribution in [2.45, 2.75) is 6.61 Å². The van der Waals surface area contributed by atoms with E-state index in [0.29, 0.717) is 13.2 Å². The molecule has 29 heavy (non-hydrogen) atoms. The standard InChI is InChI=1S/C18H14Cl2F2N2O5/c19-10-3-23-4-11(20)13(10)24-16(25)9-1-2-12(29-17(21)22)15-14(9)27-7-18(8-28-15)5-26-6-18/h1-4,17H,5-8H2,(H,23,24,25). The molecular weight excluding hydrogens is 433 g/mol. The van der Waals surface area contributed by atoms with Gasteiger partial charge in [0.15, 0.2) is 11.5 Å². The van der Waals surface area contributed by atoms with Gasteiger partial charge in [-0.15, -0.1) is 0 Å². The number of carbonyl (C=O) groups is 1. The van der Waals surface area contributed by atoms with Crippen molar-refractivity contribution in [3.8, 4) is 17.2 Å². The third-order valence-electron chi connectivity index (χ3n) is 4.49. The molecule has 1 aromatic heterocycles. The van der Waals surface area contributed by atoms with Crippen LogP contribution in [0.1, 0.15) is 10.4 Å². The van der Waals surface area contributed by atoms with Crippen LogP contribution in [-0.4, -0.2) is 43.9 Å². The zero-order valence-electron chi connectivity index (χ0n) is 14.7. The molecule has 0 bridgehead atoms. The second-order valence-electron chi connectivity index (χ2n) is 6.65. The zero-order chi connectivity index (χ0) is 20.6. The fraction of sp³-hybridized carbons (Fsp3) is 0.333. The number of fused-ring (bicyclic) bond motifs is 1. The first-order chi connectivity index (χ1) is 13.9. The number of nitrogens with zero attached hydrogens (tertiary/aromatic N) is 1. The smallest absolute Gasteiger partial charge is 0.387 e. The van der Waals surface area contributed by atoms with Crippen LogP contribution in [-0.2, 0) is 4.74 Å². The summed E-state index contributed by atoms with van der Waals surface area (Å²) in [6.45, 7) is -1.91. The van der Waals surface area contributed by atoms with Gasteiger partial charge in [0.1, 0.15) is 13.2 Å². The number of hydrogen-bond acceptors (Lipinski definition) is 6. The van der Waals surface area contributed by atoms with E-state index in [1.54, 1.807) is 0 Å². The van der Waals surface area contributed by atoms with E-state index >= 15 is 0 Å². The number of aromatic nitrogens is 1. The lowest BCUT2D eigenvalue weighted by molar-refractivity contribution is -0.143. The SMILES string of the molecule is O=C(Nc1c(Cl)cncc1Cl)c1ccc(OC(F)F)c2c1OCC1(COC1)CO2. The highest BCUT2D eigenvalue weighted by Crippen LogP contribution is 2.46. The minimum Gasteiger partial charge on any atom is -0.488 e. The van der Waals surface area contributed by atoms with E-state index in [-0.39, 0.29) is 51.8 Å². The van der Waals surface area contributed by atoms with Crippen molar-refractivity contribution in [3.05, 3.63) is 40.1 Å². The predicted molar refractivity (Wildman–Crippen MR) is 99.5 cm³/mol. The normalized spacial score (nSPS) is 16.9. The van der Waals surface area contributed by atoms with Crippen LogP contribution in [0.3, 0.4) is 0 Å². The van der Waals surface area contributed by atoms with Crippen LogP contribution in [0.5, 0.6) is 17.2 Å². The first kappa shape index (κ1) is 19.9. The summed E-state index contributed by atoms with van der Waals surface area (Å²) in [6.07, 6.45) is 2.65. The lowest BCUT2D eigenvalue weighted by Crippen LogP contribution is -2.50. The van der Waals surface area contributed by atoms with Gasteiger partial charge in [-0.05, 0) is 12.1 Å². The van der Waals surface area contributed by atoms with Gasteiger partial charge in [0.25, 0.3) is 5.91 Å². The zero-order valence-corrected chi connectivity index (χ0v) is 16.2. The van der Waals surface area contributed by atoms with Crippen LogP contribution in [0, 0.1) is 5.41 Å². The molecular formula is C18H14Cl2F2N2O5. The maximum Gasteiger partial charge on any atom is 0.387 e. The van der Waals surface area contributed by atoms with Crippen LogP contribution < -0.4 is 19.5 Å². The number of pyridine rings is 1. The summed E-state index contributed by atoms with van der Waals surface area (Å²) in [5, 5.41) is 2.86. The Morgan fingerprint density at radius 1 is 1.10 bits per heavy atom. The van der Waals surface area contributed by atoms with Crippen molar-refractivity contribution in [2.75, 3.05) is 31.7 Å². The molecule has 1 spiro atoms. The van der Waals surface area contributed by atoms with Crippen LogP contribution in [0.2, 0.25) is 10.0 Å². The summed E-state index contributed by atoms with van der Waals surface area (Å²) >= 11 is 12.1. The molecule has 0 atom stereocenters. The number of halogens is 4. The molecule has 1 aromatic carbocycles. The maximum absolute atomic E-state index is 12.9. The van der Waals surface area contributed by atoms with Crippen molar-refractivity contribution >= 4 is 34.8 Å². The molecule has 2 aliphatic heterocycles. The molecule has 1 fully saturated rings. The second-order valence-corrected chi connectivity index (χ2v) is 7.46. The summed E-state index contributed by atoms with van der Waals surface area (Å²) < 4.78 is 46.9. The van der Waals surface area contributed by atoms with Gasteiger partial charge in [-0.3, -0.25) is 9.78 Å². The highest BCUT2D eigenvalue weighted by Gasteiger charge is 2.44. The summed E-state index contributed by atoms with van der Waals surface area (Å²) in [7, 11) is 0. The Morgan fingerprint density at radius 3 is 2.34 bits per heavy atom. The molecule has 1 saturated heterocycles. The van der Waals surface area contributed by atoms with E-state index in [1.807, 2.05) is 0 Å². The molecule has 3 heterocycles. The van der Waals surface area contributed by atoms with Crippen molar-refractivity contribution < 1.29 is 32.5 Å². The fourth-order valence-electron chi connectivity index (χ4n) is 2.95. The van der Waals surface area contributed by atoms with Gasteiger partial charge in [0.05, 0.1) is 39.9 Å². The lowest BCUT2D eigenvalue weighted by Gasteiger charge is -2.38. The highest BCUT2D eigenvalue weighted by molar-refractivity contribution is 6.39. The molecule has 0 saturated carbocycles. The van der Waals surface area contributed by atoms with Gasteiger partial charge in [-0.25, -0.2) is 0 Å². The predicted octanol–water partition coefficient (Wildman–Crippen LogP) is 4.03. The quantitative estimate of drug-likeness (QED) is 0.763. The Kier molecular flexibility index (Phi) is 5.37. The van der Waals surface area contributed by atoms with Gasteiger partial charge < -0.3 is 24.3 Å². The number of carbonyl (C=O) groups excluding carboxylic acids is 1. The Morgan fingerprint density at radius 2 is 1.76 bits per heavy atom. The number of alkyl halides is 2. The van der Waals surface area contributed by atoms with E-state index in [0.717, 1.165) is 0 Å². The molecule has 7 nitrogen and oxygen atoms in total.